The van der Waals surface area contributed by atoms with Crippen LogP contribution in [-0.4, -0.2) is 16.5 Å². The molecule has 2 heterocycles. The molecule has 2 aromatic heterocycles. The first-order valence-electron chi connectivity index (χ1n) is 6.73. The highest BCUT2D eigenvalue weighted by molar-refractivity contribution is 7.13. The molecule has 102 valence electrons. The first-order valence-corrected chi connectivity index (χ1v) is 7.61. The summed E-state index contributed by atoms with van der Waals surface area (Å²) in [6.07, 6.45) is 1.80. The van der Waals surface area contributed by atoms with Gasteiger partial charge in [0.1, 0.15) is 5.01 Å². The van der Waals surface area contributed by atoms with Crippen molar-refractivity contribution in [3.8, 4) is 10.7 Å². The van der Waals surface area contributed by atoms with Gasteiger partial charge in [0.25, 0.3) is 0 Å². The predicted molar refractivity (Wildman–Crippen MR) is 81.1 cm³/mol. The average molecular weight is 275 g/mol. The fourth-order valence-corrected chi connectivity index (χ4v) is 2.45. The standard InChI is InChI=1S/C15H21N3S/c1-11(2)12(3)8-16-9-13-10-19-15(18-13)14-6-4-5-7-17-14/h4-7,10-12,16H,8-9H2,1-3H3. The number of hydrogen-bond donors (Lipinski definition) is 1. The molecule has 19 heavy (non-hydrogen) atoms. The van der Waals surface area contributed by atoms with E-state index < -0.39 is 0 Å². The molecular weight excluding hydrogens is 254 g/mol. The van der Waals surface area contributed by atoms with Crippen LogP contribution in [-0.2, 0) is 6.54 Å². The Morgan fingerprint density at radius 3 is 2.79 bits per heavy atom. The minimum absolute atomic E-state index is 0.689. The van der Waals surface area contributed by atoms with Crippen LogP contribution >= 0.6 is 11.3 Å². The zero-order valence-corrected chi connectivity index (χ0v) is 12.6. The quantitative estimate of drug-likeness (QED) is 0.875. The molecule has 1 unspecified atom stereocenters. The van der Waals surface area contributed by atoms with Crippen LogP contribution in [0.5, 0.6) is 0 Å². The molecule has 3 nitrogen and oxygen atoms in total. The third kappa shape index (κ3) is 4.11. The Morgan fingerprint density at radius 1 is 1.26 bits per heavy atom. The molecule has 0 bridgehead atoms. The van der Waals surface area contributed by atoms with E-state index >= 15 is 0 Å². The van der Waals surface area contributed by atoms with Crippen molar-refractivity contribution in [2.24, 2.45) is 11.8 Å². The molecule has 2 rings (SSSR count). The van der Waals surface area contributed by atoms with Crippen molar-refractivity contribution in [2.75, 3.05) is 6.54 Å². The molecule has 1 atom stereocenters. The van der Waals surface area contributed by atoms with Gasteiger partial charge in [-0.25, -0.2) is 4.98 Å². The Labute approximate surface area is 119 Å². The zero-order chi connectivity index (χ0) is 13.7. The van der Waals surface area contributed by atoms with Crippen LogP contribution in [0.1, 0.15) is 26.5 Å². The van der Waals surface area contributed by atoms with Gasteiger partial charge >= 0.3 is 0 Å². The Morgan fingerprint density at radius 2 is 2.11 bits per heavy atom. The van der Waals surface area contributed by atoms with Crippen LogP contribution in [0.3, 0.4) is 0 Å². The summed E-state index contributed by atoms with van der Waals surface area (Å²) in [7, 11) is 0. The molecule has 4 heteroatoms. The summed E-state index contributed by atoms with van der Waals surface area (Å²) in [5.41, 5.74) is 2.05. The highest BCUT2D eigenvalue weighted by atomic mass is 32.1. The molecule has 0 spiro atoms. The smallest absolute Gasteiger partial charge is 0.142 e. The summed E-state index contributed by atoms with van der Waals surface area (Å²) < 4.78 is 0. The SMILES string of the molecule is CC(C)C(C)CNCc1csc(-c2ccccn2)n1. The van der Waals surface area contributed by atoms with Crippen LogP contribution < -0.4 is 5.32 Å². The number of nitrogens with zero attached hydrogens (tertiary/aromatic N) is 2. The van der Waals surface area contributed by atoms with Gasteiger partial charge in [0.15, 0.2) is 0 Å². The maximum Gasteiger partial charge on any atom is 0.142 e. The van der Waals surface area contributed by atoms with Crippen molar-refractivity contribution in [3.63, 3.8) is 0 Å². The number of rotatable bonds is 6. The van der Waals surface area contributed by atoms with E-state index in [9.17, 15) is 0 Å². The first-order chi connectivity index (χ1) is 9.16. The number of pyridine rings is 1. The van der Waals surface area contributed by atoms with E-state index in [1.165, 1.54) is 0 Å². The van der Waals surface area contributed by atoms with Gasteiger partial charge in [-0.2, -0.15) is 0 Å². The summed E-state index contributed by atoms with van der Waals surface area (Å²) in [5.74, 6) is 1.40. The largest absolute Gasteiger partial charge is 0.311 e. The molecule has 0 aromatic carbocycles. The predicted octanol–water partition coefficient (Wildman–Crippen LogP) is 3.59. The van der Waals surface area contributed by atoms with E-state index in [0.717, 1.165) is 29.5 Å². The van der Waals surface area contributed by atoms with Crippen molar-refractivity contribution in [2.45, 2.75) is 27.3 Å². The normalized spacial score (nSPS) is 12.8. The minimum Gasteiger partial charge on any atom is -0.311 e. The van der Waals surface area contributed by atoms with E-state index in [0.29, 0.717) is 11.8 Å². The lowest BCUT2D eigenvalue weighted by Crippen LogP contribution is -2.23. The van der Waals surface area contributed by atoms with Crippen molar-refractivity contribution in [1.82, 2.24) is 15.3 Å². The Kier molecular flexibility index (Phi) is 5.05. The molecule has 0 fully saturated rings. The maximum atomic E-state index is 4.62. The van der Waals surface area contributed by atoms with Gasteiger partial charge in [-0.05, 0) is 30.5 Å². The molecule has 1 N–H and O–H groups in total. The first kappa shape index (κ1) is 14.2. The molecule has 0 saturated heterocycles. The molecular formula is C15H21N3S. The van der Waals surface area contributed by atoms with Crippen LogP contribution in [0.15, 0.2) is 29.8 Å². The highest BCUT2D eigenvalue weighted by Gasteiger charge is 2.08. The van der Waals surface area contributed by atoms with Crippen LogP contribution in [0, 0.1) is 11.8 Å². The number of nitrogens with one attached hydrogen (secondary N) is 1. The second-order valence-corrected chi connectivity index (χ2v) is 6.07. The maximum absolute atomic E-state index is 4.62. The van der Waals surface area contributed by atoms with Gasteiger partial charge in [0.2, 0.25) is 0 Å². The lowest BCUT2D eigenvalue weighted by molar-refractivity contribution is 0.392. The summed E-state index contributed by atoms with van der Waals surface area (Å²) in [6.45, 7) is 8.66. The third-order valence-corrected chi connectivity index (χ3v) is 4.26. The summed E-state index contributed by atoms with van der Waals surface area (Å²) in [5, 5.41) is 6.57. The van der Waals surface area contributed by atoms with Gasteiger partial charge in [-0.3, -0.25) is 4.98 Å². The van der Waals surface area contributed by atoms with Crippen molar-refractivity contribution >= 4 is 11.3 Å². The Hall–Kier alpha value is -1.26. The number of aromatic nitrogens is 2. The van der Waals surface area contributed by atoms with Crippen molar-refractivity contribution < 1.29 is 0 Å². The molecule has 2 aromatic rings. The number of thiazole rings is 1. The molecule has 0 aliphatic carbocycles. The fraction of sp³-hybridized carbons (Fsp3) is 0.467. The van der Waals surface area contributed by atoms with Crippen LogP contribution in [0.25, 0.3) is 10.7 Å². The third-order valence-electron chi connectivity index (χ3n) is 3.35. The summed E-state index contributed by atoms with van der Waals surface area (Å²) >= 11 is 1.65. The summed E-state index contributed by atoms with van der Waals surface area (Å²) in [6, 6.07) is 5.91. The van der Waals surface area contributed by atoms with E-state index in [1.54, 1.807) is 17.5 Å². The van der Waals surface area contributed by atoms with E-state index in [2.05, 4.69) is 41.4 Å². The second kappa shape index (κ2) is 6.78. The monoisotopic (exact) mass is 275 g/mol. The van der Waals surface area contributed by atoms with Gasteiger partial charge < -0.3 is 5.32 Å². The lowest BCUT2D eigenvalue weighted by Gasteiger charge is -2.15. The molecule has 0 aliphatic rings. The van der Waals surface area contributed by atoms with E-state index in [1.807, 2.05) is 18.2 Å². The van der Waals surface area contributed by atoms with Crippen molar-refractivity contribution in [3.05, 3.63) is 35.5 Å². The second-order valence-electron chi connectivity index (χ2n) is 5.21. The Bertz CT molecular complexity index is 493. The number of hydrogen-bond acceptors (Lipinski definition) is 4. The highest BCUT2D eigenvalue weighted by Crippen LogP contribution is 2.21. The Balaban J connectivity index is 1.88. The summed E-state index contributed by atoms with van der Waals surface area (Å²) in [4.78, 5) is 8.94. The van der Waals surface area contributed by atoms with Gasteiger partial charge in [0.05, 0.1) is 11.4 Å². The molecule has 0 radical (unpaired) electrons. The average Bonchev–Trinajstić information content (AvgIpc) is 2.88. The van der Waals surface area contributed by atoms with Gasteiger partial charge in [-0.1, -0.05) is 26.8 Å². The van der Waals surface area contributed by atoms with E-state index in [4.69, 9.17) is 0 Å². The zero-order valence-electron chi connectivity index (χ0n) is 11.8. The van der Waals surface area contributed by atoms with Crippen LogP contribution in [0.2, 0.25) is 0 Å². The lowest BCUT2D eigenvalue weighted by atomic mass is 9.98. The minimum atomic E-state index is 0.689. The van der Waals surface area contributed by atoms with Gasteiger partial charge in [0, 0.05) is 18.1 Å². The fourth-order valence-electron chi connectivity index (χ4n) is 1.66. The van der Waals surface area contributed by atoms with Gasteiger partial charge in [-0.15, -0.1) is 11.3 Å². The molecule has 0 saturated carbocycles. The van der Waals surface area contributed by atoms with Crippen molar-refractivity contribution in [1.29, 1.82) is 0 Å². The molecule has 0 amide bonds. The topological polar surface area (TPSA) is 37.8 Å². The van der Waals surface area contributed by atoms with Crippen LogP contribution in [0.4, 0.5) is 0 Å². The van der Waals surface area contributed by atoms with E-state index in [-0.39, 0.29) is 0 Å². The molecule has 0 aliphatic heterocycles.